The lowest BCUT2D eigenvalue weighted by molar-refractivity contribution is 0.239. The first-order chi connectivity index (χ1) is 14.7. The van der Waals surface area contributed by atoms with Crippen molar-refractivity contribution in [2.75, 3.05) is 6.61 Å². The van der Waals surface area contributed by atoms with Crippen LogP contribution < -0.4 is 0 Å². The van der Waals surface area contributed by atoms with E-state index in [1.165, 1.54) is 11.1 Å². The van der Waals surface area contributed by atoms with E-state index in [0.29, 0.717) is 12.5 Å². The normalized spacial score (nSPS) is 20.0. The van der Waals surface area contributed by atoms with Gasteiger partial charge in [-0.05, 0) is 66.0 Å². The summed E-state index contributed by atoms with van der Waals surface area (Å²) in [6.45, 7) is 13.6. The first kappa shape index (κ1) is 23.9. The van der Waals surface area contributed by atoms with Gasteiger partial charge < -0.3 is 4.74 Å². The van der Waals surface area contributed by atoms with Crippen LogP contribution in [0.3, 0.4) is 0 Å². The SMILES string of the molecule is C=CCC(C)(CC(c1cccc(Cl)c1)C(C)c1ccc(Cl)cc1)C1=NC(C(C)C)CO1. The smallest absolute Gasteiger partial charge is 0.190 e. The monoisotopic (exact) mass is 457 g/mol. The van der Waals surface area contributed by atoms with E-state index in [9.17, 15) is 0 Å². The minimum absolute atomic E-state index is 0.220. The van der Waals surface area contributed by atoms with Crippen LogP contribution in [0.2, 0.25) is 10.0 Å². The zero-order chi connectivity index (χ0) is 22.6. The molecule has 2 aromatic rings. The summed E-state index contributed by atoms with van der Waals surface area (Å²) in [4.78, 5) is 4.99. The van der Waals surface area contributed by atoms with E-state index < -0.39 is 0 Å². The molecule has 0 amide bonds. The van der Waals surface area contributed by atoms with E-state index >= 15 is 0 Å². The molecule has 3 rings (SSSR count). The van der Waals surface area contributed by atoms with Crippen LogP contribution in [0.5, 0.6) is 0 Å². The second kappa shape index (κ2) is 10.2. The van der Waals surface area contributed by atoms with Gasteiger partial charge in [-0.15, -0.1) is 6.58 Å². The molecular formula is C27H33Cl2NO. The lowest BCUT2D eigenvalue weighted by Gasteiger charge is -2.35. The maximum absolute atomic E-state index is 6.39. The molecule has 1 aliphatic rings. The number of aliphatic imine (C=N–C) groups is 1. The molecule has 0 aliphatic carbocycles. The van der Waals surface area contributed by atoms with Crippen LogP contribution in [0.25, 0.3) is 0 Å². The Labute approximate surface area is 197 Å². The van der Waals surface area contributed by atoms with Crippen molar-refractivity contribution in [2.24, 2.45) is 16.3 Å². The van der Waals surface area contributed by atoms with Gasteiger partial charge in [0.15, 0.2) is 5.90 Å². The lowest BCUT2D eigenvalue weighted by Crippen LogP contribution is -2.31. The molecule has 0 bridgehead atoms. The summed E-state index contributed by atoms with van der Waals surface area (Å²) in [7, 11) is 0. The summed E-state index contributed by atoms with van der Waals surface area (Å²) < 4.78 is 6.16. The van der Waals surface area contributed by atoms with Crippen molar-refractivity contribution in [2.45, 2.75) is 58.4 Å². The average molecular weight is 458 g/mol. The lowest BCUT2D eigenvalue weighted by atomic mass is 9.70. The number of benzene rings is 2. The summed E-state index contributed by atoms with van der Waals surface area (Å²) >= 11 is 12.5. The molecule has 31 heavy (non-hydrogen) atoms. The number of hydrogen-bond acceptors (Lipinski definition) is 2. The summed E-state index contributed by atoms with van der Waals surface area (Å²) in [6, 6.07) is 16.6. The molecule has 2 aromatic carbocycles. The molecular weight excluding hydrogens is 425 g/mol. The molecule has 1 heterocycles. The Kier molecular flexibility index (Phi) is 7.88. The molecule has 0 saturated heterocycles. The minimum atomic E-state index is -0.237. The molecule has 1 aliphatic heterocycles. The number of hydrogen-bond donors (Lipinski definition) is 0. The molecule has 0 N–H and O–H groups in total. The predicted octanol–water partition coefficient (Wildman–Crippen LogP) is 8.31. The van der Waals surface area contributed by atoms with Gasteiger partial charge in [-0.1, -0.05) is 81.2 Å². The van der Waals surface area contributed by atoms with Crippen LogP contribution >= 0.6 is 23.2 Å². The molecule has 4 unspecified atom stereocenters. The maximum atomic E-state index is 6.39. The third-order valence-corrected chi connectivity index (χ3v) is 6.99. The van der Waals surface area contributed by atoms with Gasteiger partial charge in [0.05, 0.1) is 6.04 Å². The van der Waals surface area contributed by atoms with Crippen LogP contribution in [0.4, 0.5) is 0 Å². The number of allylic oxidation sites excluding steroid dienone is 1. The molecule has 0 radical (unpaired) electrons. The topological polar surface area (TPSA) is 21.6 Å². The maximum Gasteiger partial charge on any atom is 0.190 e. The van der Waals surface area contributed by atoms with Crippen molar-refractivity contribution in [3.05, 3.63) is 82.4 Å². The van der Waals surface area contributed by atoms with Gasteiger partial charge in [0.25, 0.3) is 0 Å². The molecule has 0 saturated carbocycles. The first-order valence-corrected chi connectivity index (χ1v) is 11.8. The minimum Gasteiger partial charge on any atom is -0.478 e. The van der Waals surface area contributed by atoms with Crippen molar-refractivity contribution in [1.29, 1.82) is 0 Å². The van der Waals surface area contributed by atoms with Crippen LogP contribution in [0.1, 0.15) is 63.5 Å². The predicted molar refractivity (Wildman–Crippen MR) is 134 cm³/mol. The number of halogens is 2. The highest BCUT2D eigenvalue weighted by molar-refractivity contribution is 6.30. The Bertz CT molecular complexity index is 921. The Balaban J connectivity index is 2.00. The highest BCUT2D eigenvalue weighted by Crippen LogP contribution is 2.45. The first-order valence-electron chi connectivity index (χ1n) is 11.1. The molecule has 0 fully saturated rings. The van der Waals surface area contributed by atoms with Gasteiger partial charge in [-0.3, -0.25) is 0 Å². The molecule has 4 heteroatoms. The highest BCUT2D eigenvalue weighted by Gasteiger charge is 2.40. The molecule has 2 nitrogen and oxygen atoms in total. The Hall–Kier alpha value is -1.77. The summed E-state index contributed by atoms with van der Waals surface area (Å²) in [5.41, 5.74) is 2.24. The Morgan fingerprint density at radius 3 is 2.39 bits per heavy atom. The van der Waals surface area contributed by atoms with E-state index in [2.05, 4.69) is 58.5 Å². The van der Waals surface area contributed by atoms with E-state index in [0.717, 1.165) is 28.8 Å². The average Bonchev–Trinajstić information content (AvgIpc) is 3.24. The zero-order valence-electron chi connectivity index (χ0n) is 18.9. The number of rotatable bonds is 9. The van der Waals surface area contributed by atoms with Gasteiger partial charge in [0, 0.05) is 15.5 Å². The van der Waals surface area contributed by atoms with E-state index in [4.69, 9.17) is 32.9 Å². The van der Waals surface area contributed by atoms with Crippen molar-refractivity contribution in [3.8, 4) is 0 Å². The fraction of sp³-hybridized carbons (Fsp3) is 0.444. The standard InChI is InChI=1S/C27H33Cl2NO/c1-6-14-27(5,26-30-25(17-31-26)18(2)3)16-24(21-8-7-9-23(29)15-21)19(4)20-10-12-22(28)13-11-20/h6-13,15,18-19,24-25H,1,14,16-17H2,2-5H3. The van der Waals surface area contributed by atoms with Gasteiger partial charge in [-0.25, -0.2) is 4.99 Å². The summed E-state index contributed by atoms with van der Waals surface area (Å²) in [5.74, 6) is 1.82. The van der Waals surface area contributed by atoms with Gasteiger partial charge in [-0.2, -0.15) is 0 Å². The van der Waals surface area contributed by atoms with Crippen LogP contribution in [-0.4, -0.2) is 18.5 Å². The fourth-order valence-electron chi connectivity index (χ4n) is 4.44. The number of nitrogens with zero attached hydrogens (tertiary/aromatic N) is 1. The Morgan fingerprint density at radius 1 is 1.10 bits per heavy atom. The number of ether oxygens (including phenoxy) is 1. The summed E-state index contributed by atoms with van der Waals surface area (Å²) in [6.07, 6.45) is 3.67. The second-order valence-corrected chi connectivity index (χ2v) is 10.2. The zero-order valence-corrected chi connectivity index (χ0v) is 20.5. The van der Waals surface area contributed by atoms with E-state index in [1.54, 1.807) is 0 Å². The van der Waals surface area contributed by atoms with Crippen LogP contribution in [-0.2, 0) is 4.74 Å². The van der Waals surface area contributed by atoms with Crippen molar-refractivity contribution in [1.82, 2.24) is 0 Å². The van der Waals surface area contributed by atoms with Crippen LogP contribution in [0, 0.1) is 11.3 Å². The third-order valence-electron chi connectivity index (χ3n) is 6.50. The van der Waals surface area contributed by atoms with Gasteiger partial charge in [0.1, 0.15) is 6.61 Å². The van der Waals surface area contributed by atoms with Gasteiger partial charge in [0.2, 0.25) is 0 Å². The third kappa shape index (κ3) is 5.73. The van der Waals surface area contributed by atoms with Crippen molar-refractivity contribution < 1.29 is 4.74 Å². The van der Waals surface area contributed by atoms with Crippen molar-refractivity contribution >= 4 is 29.1 Å². The van der Waals surface area contributed by atoms with Crippen LogP contribution in [0.15, 0.2) is 66.2 Å². The fourth-order valence-corrected chi connectivity index (χ4v) is 4.77. The quantitative estimate of drug-likeness (QED) is 0.346. The van der Waals surface area contributed by atoms with Gasteiger partial charge >= 0.3 is 0 Å². The molecule has 4 atom stereocenters. The Morgan fingerprint density at radius 2 is 1.81 bits per heavy atom. The van der Waals surface area contributed by atoms with E-state index in [-0.39, 0.29) is 23.3 Å². The second-order valence-electron chi connectivity index (χ2n) is 9.32. The van der Waals surface area contributed by atoms with E-state index in [1.807, 2.05) is 30.3 Å². The summed E-state index contributed by atoms with van der Waals surface area (Å²) in [5, 5.41) is 1.51. The largest absolute Gasteiger partial charge is 0.478 e. The molecule has 0 aromatic heterocycles. The molecule has 166 valence electrons. The highest BCUT2D eigenvalue weighted by atomic mass is 35.5. The molecule has 0 spiro atoms. The van der Waals surface area contributed by atoms with Crippen molar-refractivity contribution in [3.63, 3.8) is 0 Å².